The van der Waals surface area contributed by atoms with Crippen LogP contribution in [-0.2, 0) is 13.0 Å². The lowest BCUT2D eigenvalue weighted by Gasteiger charge is -2.26. The molecule has 3 N–H and O–H groups in total. The number of pyridine rings is 1. The van der Waals surface area contributed by atoms with Crippen LogP contribution in [0.3, 0.4) is 0 Å². The van der Waals surface area contributed by atoms with Gasteiger partial charge in [-0.05, 0) is 51.4 Å². The summed E-state index contributed by atoms with van der Waals surface area (Å²) >= 11 is 0. The molecule has 2 aliphatic rings. The van der Waals surface area contributed by atoms with Gasteiger partial charge in [-0.15, -0.1) is 0 Å². The van der Waals surface area contributed by atoms with Gasteiger partial charge in [0.05, 0.1) is 12.1 Å². The zero-order valence-electron chi connectivity index (χ0n) is 19.1. The van der Waals surface area contributed by atoms with E-state index in [0.29, 0.717) is 37.2 Å². The number of fused-ring (bicyclic) bond motifs is 2. The van der Waals surface area contributed by atoms with Gasteiger partial charge in [-0.2, -0.15) is 0 Å². The third kappa shape index (κ3) is 3.86. The van der Waals surface area contributed by atoms with Crippen LogP contribution in [0.1, 0.15) is 43.0 Å². The second-order valence-corrected chi connectivity index (χ2v) is 9.27. The van der Waals surface area contributed by atoms with E-state index in [9.17, 15) is 10.2 Å². The highest BCUT2D eigenvalue weighted by Gasteiger charge is 2.45. The third-order valence-corrected chi connectivity index (χ3v) is 6.69. The van der Waals surface area contributed by atoms with Crippen molar-refractivity contribution >= 4 is 11.0 Å². The van der Waals surface area contributed by atoms with E-state index < -0.39 is 24.4 Å². The zero-order valence-corrected chi connectivity index (χ0v) is 19.1. The average Bonchev–Trinajstić information content (AvgIpc) is 3.34. The van der Waals surface area contributed by atoms with Crippen LogP contribution in [0.5, 0.6) is 11.5 Å². The van der Waals surface area contributed by atoms with Crippen LogP contribution in [-0.4, -0.2) is 50.7 Å². The number of aliphatic hydroxyl groups is 2. The van der Waals surface area contributed by atoms with Gasteiger partial charge in [0.1, 0.15) is 29.7 Å². The molecule has 0 unspecified atom stereocenters. The van der Waals surface area contributed by atoms with Gasteiger partial charge in [-0.25, -0.2) is 9.37 Å². The normalized spacial score (nSPS) is 24.9. The van der Waals surface area contributed by atoms with Crippen molar-refractivity contribution < 1.29 is 24.1 Å². The summed E-state index contributed by atoms with van der Waals surface area (Å²) in [6.07, 6.45) is 1.61. The van der Waals surface area contributed by atoms with E-state index in [1.807, 2.05) is 43.7 Å². The fourth-order valence-corrected chi connectivity index (χ4v) is 5.01. The number of hydrogen-bond acceptors (Lipinski definition) is 6. The van der Waals surface area contributed by atoms with E-state index in [0.717, 1.165) is 22.2 Å². The van der Waals surface area contributed by atoms with Gasteiger partial charge < -0.3 is 29.6 Å². The second kappa shape index (κ2) is 8.59. The molecule has 4 atom stereocenters. The summed E-state index contributed by atoms with van der Waals surface area (Å²) < 4.78 is 29.0. The molecule has 8 heteroatoms. The van der Waals surface area contributed by atoms with Gasteiger partial charge in [0.25, 0.3) is 0 Å². The topological polar surface area (TPSA) is 88.8 Å². The largest absolute Gasteiger partial charge is 0.488 e. The monoisotopic (exact) mass is 455 g/mol. The lowest BCUT2D eigenvalue weighted by Crippen LogP contribution is -2.35. The Morgan fingerprint density at radius 3 is 2.79 bits per heavy atom. The summed E-state index contributed by atoms with van der Waals surface area (Å²) in [6, 6.07) is 5.10. The van der Waals surface area contributed by atoms with Crippen LogP contribution in [0.15, 0.2) is 30.6 Å². The Labute approximate surface area is 192 Å². The van der Waals surface area contributed by atoms with Crippen LogP contribution >= 0.6 is 0 Å². The van der Waals surface area contributed by atoms with Crippen LogP contribution in [0.25, 0.3) is 11.0 Å². The highest BCUT2D eigenvalue weighted by Crippen LogP contribution is 2.40. The van der Waals surface area contributed by atoms with Gasteiger partial charge in [0.2, 0.25) is 0 Å². The molecule has 0 radical (unpaired) electrons. The Hall–Kier alpha value is -2.68. The van der Waals surface area contributed by atoms with Crippen LogP contribution in [0, 0.1) is 12.7 Å². The van der Waals surface area contributed by atoms with E-state index in [2.05, 4.69) is 10.3 Å². The van der Waals surface area contributed by atoms with Gasteiger partial charge >= 0.3 is 0 Å². The number of ether oxygens (including phenoxy) is 2. The van der Waals surface area contributed by atoms with Crippen molar-refractivity contribution in [3.63, 3.8) is 0 Å². The molecular formula is C25H30FN3O4. The van der Waals surface area contributed by atoms with E-state index >= 15 is 4.39 Å². The number of halogens is 1. The van der Waals surface area contributed by atoms with E-state index in [4.69, 9.17) is 9.47 Å². The number of aromatic nitrogens is 2. The second-order valence-electron chi connectivity index (χ2n) is 9.27. The number of hydrogen-bond donors (Lipinski definition) is 3. The molecule has 1 aliphatic carbocycles. The van der Waals surface area contributed by atoms with Crippen molar-refractivity contribution in [3.05, 3.63) is 53.1 Å². The smallest absolute Gasteiger partial charge is 0.168 e. The predicted octanol–water partition coefficient (Wildman–Crippen LogP) is 3.03. The Balaban J connectivity index is 1.46. The van der Waals surface area contributed by atoms with Crippen molar-refractivity contribution in [2.75, 3.05) is 6.54 Å². The van der Waals surface area contributed by atoms with E-state index in [-0.39, 0.29) is 17.7 Å². The summed E-state index contributed by atoms with van der Waals surface area (Å²) in [5.41, 5.74) is 3.19. The van der Waals surface area contributed by atoms with Crippen LogP contribution in [0.4, 0.5) is 4.39 Å². The highest BCUT2D eigenvalue weighted by atomic mass is 19.1. The van der Waals surface area contributed by atoms with Gasteiger partial charge in [-0.3, -0.25) is 0 Å². The van der Waals surface area contributed by atoms with Gasteiger partial charge in [0, 0.05) is 47.9 Å². The lowest BCUT2D eigenvalue weighted by atomic mass is 9.98. The fourth-order valence-electron chi connectivity index (χ4n) is 5.01. The van der Waals surface area contributed by atoms with Crippen molar-refractivity contribution in [2.45, 2.75) is 70.6 Å². The SMILES string of the molecule is Cc1ccnc2c1ccn2[C@@H]1C[C@H](Oc2cc(OC(C)C)c(F)c3c2CNCC3)[C@@H](O)[C@H]1O. The van der Waals surface area contributed by atoms with E-state index in [1.165, 1.54) is 0 Å². The molecule has 3 heterocycles. The first-order valence-corrected chi connectivity index (χ1v) is 11.5. The Morgan fingerprint density at radius 1 is 1.18 bits per heavy atom. The minimum Gasteiger partial charge on any atom is -0.488 e. The fraction of sp³-hybridized carbons (Fsp3) is 0.480. The first-order valence-electron chi connectivity index (χ1n) is 11.5. The third-order valence-electron chi connectivity index (χ3n) is 6.69. The molecule has 0 saturated heterocycles. The standard InChI is InChI=1S/C25H30FN3O4/c1-13(2)32-20-11-19(17-12-27-7-5-16(17)22(20)26)33-21-10-18(23(30)24(21)31)29-9-6-15-14(3)4-8-28-25(15)29/h4,6,8-9,11,13,18,21,23-24,27,30-31H,5,7,10,12H2,1-3H3/t18-,21+,23+,24-/m1/s1. The molecule has 1 saturated carbocycles. The number of nitrogens with one attached hydrogen (secondary N) is 1. The maximum Gasteiger partial charge on any atom is 0.168 e. The molecule has 0 bridgehead atoms. The zero-order chi connectivity index (χ0) is 23.3. The molecule has 3 aromatic rings. The van der Waals surface area contributed by atoms with Gasteiger partial charge in [0.15, 0.2) is 11.6 Å². The van der Waals surface area contributed by atoms with Crippen molar-refractivity contribution in [1.29, 1.82) is 0 Å². The first kappa shape index (κ1) is 22.1. The van der Waals surface area contributed by atoms with Crippen LogP contribution in [0.2, 0.25) is 0 Å². The van der Waals surface area contributed by atoms with Crippen molar-refractivity contribution in [2.24, 2.45) is 0 Å². The molecule has 1 fully saturated rings. The average molecular weight is 456 g/mol. The van der Waals surface area contributed by atoms with E-state index in [1.54, 1.807) is 12.3 Å². The van der Waals surface area contributed by atoms with Crippen molar-refractivity contribution in [3.8, 4) is 11.5 Å². The first-order chi connectivity index (χ1) is 15.8. The minimum absolute atomic E-state index is 0.154. The number of nitrogens with zero attached hydrogens (tertiary/aromatic N) is 2. The number of aryl methyl sites for hydroxylation is 1. The minimum atomic E-state index is -1.09. The number of aliphatic hydroxyl groups excluding tert-OH is 2. The Kier molecular flexibility index (Phi) is 5.76. The summed E-state index contributed by atoms with van der Waals surface area (Å²) in [7, 11) is 0. The Morgan fingerprint density at radius 2 is 2.00 bits per heavy atom. The Bertz CT molecular complexity index is 1180. The maximum atomic E-state index is 15.1. The summed E-state index contributed by atoms with van der Waals surface area (Å²) in [5.74, 6) is 0.288. The lowest BCUT2D eigenvalue weighted by molar-refractivity contribution is -0.0167. The highest BCUT2D eigenvalue weighted by molar-refractivity contribution is 5.79. The molecule has 0 amide bonds. The molecule has 1 aromatic carbocycles. The quantitative estimate of drug-likeness (QED) is 0.548. The number of rotatable bonds is 5. The molecule has 176 valence electrons. The summed E-state index contributed by atoms with van der Waals surface area (Å²) in [4.78, 5) is 4.48. The maximum absolute atomic E-state index is 15.1. The molecule has 5 rings (SSSR count). The summed E-state index contributed by atoms with van der Waals surface area (Å²) in [5, 5.41) is 26.0. The molecule has 0 spiro atoms. The number of benzene rings is 1. The summed E-state index contributed by atoms with van der Waals surface area (Å²) in [6.45, 7) is 6.86. The van der Waals surface area contributed by atoms with Crippen LogP contribution < -0.4 is 14.8 Å². The predicted molar refractivity (Wildman–Crippen MR) is 122 cm³/mol. The van der Waals surface area contributed by atoms with Crippen molar-refractivity contribution in [1.82, 2.24) is 14.9 Å². The molecule has 1 aliphatic heterocycles. The molecule has 2 aromatic heterocycles. The van der Waals surface area contributed by atoms with Gasteiger partial charge in [-0.1, -0.05) is 0 Å². The molecule has 7 nitrogen and oxygen atoms in total. The molecular weight excluding hydrogens is 425 g/mol. The molecule has 33 heavy (non-hydrogen) atoms.